The third kappa shape index (κ3) is 5.43. The molecule has 2 nitrogen and oxygen atoms in total. The van der Waals surface area contributed by atoms with E-state index in [0.29, 0.717) is 10.6 Å². The Hall–Kier alpha value is -1.02. The normalized spacial score (nSPS) is 10.8. The van der Waals surface area contributed by atoms with Crippen molar-refractivity contribution in [3.63, 3.8) is 0 Å². The third-order valence-electron chi connectivity index (χ3n) is 0.960. The molecule has 0 saturated heterocycles. The highest BCUT2D eigenvalue weighted by Crippen LogP contribution is 2.08. The number of carboxylic acids is 1. The fraction of sp³-hybridized carbons (Fsp3) is 0.125. The predicted octanol–water partition coefficient (Wildman–Crippen LogP) is 2.33. The number of hydrogen-bond donors (Lipinski definition) is 1. The van der Waals surface area contributed by atoms with Gasteiger partial charge in [0, 0.05) is 5.03 Å². The Labute approximate surface area is 70.5 Å². The van der Waals surface area contributed by atoms with Gasteiger partial charge in [-0.2, -0.15) is 0 Å². The molecule has 0 aliphatic heterocycles. The summed E-state index contributed by atoms with van der Waals surface area (Å²) in [6, 6.07) is 0. The molecule has 0 spiro atoms. The van der Waals surface area contributed by atoms with E-state index in [0.717, 1.165) is 0 Å². The van der Waals surface area contributed by atoms with Crippen molar-refractivity contribution in [3.05, 3.63) is 35.9 Å². The van der Waals surface area contributed by atoms with Crippen molar-refractivity contribution < 1.29 is 9.90 Å². The first-order chi connectivity index (χ1) is 5.06. The average Bonchev–Trinajstić information content (AvgIpc) is 1.84. The highest BCUT2D eigenvalue weighted by Gasteiger charge is 1.99. The lowest BCUT2D eigenvalue weighted by molar-refractivity contribution is -0.136. The van der Waals surface area contributed by atoms with Gasteiger partial charge in [0.25, 0.3) is 0 Å². The van der Waals surface area contributed by atoms with E-state index in [1.54, 1.807) is 0 Å². The number of carbonyl (C=O) groups is 1. The zero-order chi connectivity index (χ0) is 8.85. The summed E-state index contributed by atoms with van der Waals surface area (Å²) in [5.41, 5.74) is 0.553. The van der Waals surface area contributed by atoms with Crippen LogP contribution in [0.5, 0.6) is 0 Å². The second-order valence-electron chi connectivity index (χ2n) is 1.94. The van der Waals surface area contributed by atoms with Gasteiger partial charge in [0.05, 0.1) is 6.42 Å². The molecule has 0 aromatic rings. The van der Waals surface area contributed by atoms with Gasteiger partial charge < -0.3 is 5.11 Å². The van der Waals surface area contributed by atoms with Gasteiger partial charge in [0.1, 0.15) is 0 Å². The minimum Gasteiger partial charge on any atom is -0.481 e. The van der Waals surface area contributed by atoms with Crippen LogP contribution in [-0.2, 0) is 4.79 Å². The summed E-state index contributed by atoms with van der Waals surface area (Å²) in [5.74, 6) is -0.908. The summed E-state index contributed by atoms with van der Waals surface area (Å²) in [4.78, 5) is 10.2. The molecule has 0 unspecified atom stereocenters. The SMILES string of the molecule is C=CC(=CC(=C)Cl)CC(=O)O. The molecule has 60 valence electrons. The summed E-state index contributed by atoms with van der Waals surface area (Å²) in [6.07, 6.45) is 2.85. The first-order valence-electron chi connectivity index (χ1n) is 2.95. The minimum absolute atomic E-state index is 0.0742. The largest absolute Gasteiger partial charge is 0.481 e. The van der Waals surface area contributed by atoms with Crippen LogP contribution in [0, 0.1) is 0 Å². The molecular weight excluding hydrogens is 164 g/mol. The van der Waals surface area contributed by atoms with Crippen molar-refractivity contribution in [2.45, 2.75) is 6.42 Å². The summed E-state index contributed by atoms with van der Waals surface area (Å²) < 4.78 is 0. The van der Waals surface area contributed by atoms with Crippen LogP contribution in [0.15, 0.2) is 35.9 Å². The topological polar surface area (TPSA) is 37.3 Å². The zero-order valence-electron chi connectivity index (χ0n) is 6.01. The molecule has 0 heterocycles. The Morgan fingerprint density at radius 2 is 2.18 bits per heavy atom. The molecule has 0 fully saturated rings. The van der Waals surface area contributed by atoms with E-state index in [-0.39, 0.29) is 6.42 Å². The summed E-state index contributed by atoms with van der Waals surface area (Å²) in [5, 5.41) is 8.67. The van der Waals surface area contributed by atoms with E-state index in [4.69, 9.17) is 16.7 Å². The quantitative estimate of drug-likeness (QED) is 0.661. The fourth-order valence-electron chi connectivity index (χ4n) is 0.558. The van der Waals surface area contributed by atoms with E-state index < -0.39 is 5.97 Å². The maximum atomic E-state index is 10.2. The van der Waals surface area contributed by atoms with Crippen LogP contribution in [-0.4, -0.2) is 11.1 Å². The van der Waals surface area contributed by atoms with E-state index in [1.807, 2.05) is 0 Å². The zero-order valence-corrected chi connectivity index (χ0v) is 6.77. The van der Waals surface area contributed by atoms with Crippen molar-refractivity contribution >= 4 is 17.6 Å². The van der Waals surface area contributed by atoms with Crippen molar-refractivity contribution in [1.82, 2.24) is 0 Å². The number of allylic oxidation sites excluding steroid dienone is 3. The highest BCUT2D eigenvalue weighted by atomic mass is 35.5. The van der Waals surface area contributed by atoms with Gasteiger partial charge in [0.15, 0.2) is 0 Å². The monoisotopic (exact) mass is 172 g/mol. The molecule has 0 atom stereocenters. The van der Waals surface area contributed by atoms with Gasteiger partial charge >= 0.3 is 5.97 Å². The Morgan fingerprint density at radius 1 is 1.64 bits per heavy atom. The Bertz CT molecular complexity index is 216. The predicted molar refractivity (Wildman–Crippen MR) is 45.5 cm³/mol. The Morgan fingerprint density at radius 3 is 2.45 bits per heavy atom. The van der Waals surface area contributed by atoms with Crippen LogP contribution < -0.4 is 0 Å². The van der Waals surface area contributed by atoms with Gasteiger partial charge in [-0.3, -0.25) is 4.79 Å². The molecule has 0 aliphatic carbocycles. The molecule has 3 heteroatoms. The number of hydrogen-bond acceptors (Lipinski definition) is 1. The molecule has 1 N–H and O–H groups in total. The summed E-state index contributed by atoms with van der Waals surface area (Å²) in [7, 11) is 0. The number of rotatable bonds is 4. The molecule has 0 aliphatic rings. The van der Waals surface area contributed by atoms with Crippen molar-refractivity contribution in [2.75, 3.05) is 0 Å². The Kier molecular flexibility index (Phi) is 4.30. The maximum absolute atomic E-state index is 10.2. The van der Waals surface area contributed by atoms with Gasteiger partial charge in [0.2, 0.25) is 0 Å². The summed E-state index contributed by atoms with van der Waals surface area (Å²) >= 11 is 5.42. The van der Waals surface area contributed by atoms with Crippen LogP contribution in [0.3, 0.4) is 0 Å². The van der Waals surface area contributed by atoms with Crippen molar-refractivity contribution in [1.29, 1.82) is 0 Å². The first kappa shape index (κ1) is 9.98. The highest BCUT2D eigenvalue weighted by molar-refractivity contribution is 6.30. The molecule has 0 saturated carbocycles. The van der Waals surface area contributed by atoms with Crippen LogP contribution >= 0.6 is 11.6 Å². The van der Waals surface area contributed by atoms with Crippen LogP contribution in [0.2, 0.25) is 0 Å². The Balaban J connectivity index is 4.28. The molecule has 0 radical (unpaired) electrons. The van der Waals surface area contributed by atoms with E-state index in [1.165, 1.54) is 12.2 Å². The number of aliphatic carboxylic acids is 1. The van der Waals surface area contributed by atoms with Gasteiger partial charge in [-0.05, 0) is 11.6 Å². The average molecular weight is 173 g/mol. The second-order valence-corrected chi connectivity index (χ2v) is 2.43. The molecule has 0 aromatic carbocycles. The first-order valence-corrected chi connectivity index (χ1v) is 3.33. The van der Waals surface area contributed by atoms with E-state index in [2.05, 4.69) is 13.2 Å². The smallest absolute Gasteiger partial charge is 0.307 e. The number of carboxylic acid groups (broad SMARTS) is 1. The van der Waals surface area contributed by atoms with Crippen LogP contribution in [0.25, 0.3) is 0 Å². The lowest BCUT2D eigenvalue weighted by Crippen LogP contribution is -1.95. The second kappa shape index (κ2) is 4.74. The van der Waals surface area contributed by atoms with Gasteiger partial charge in [-0.25, -0.2) is 0 Å². The lowest BCUT2D eigenvalue weighted by Gasteiger charge is -1.94. The molecule has 0 bridgehead atoms. The molecular formula is C8H9ClO2. The van der Waals surface area contributed by atoms with E-state index in [9.17, 15) is 4.79 Å². The standard InChI is InChI=1S/C8H9ClO2/c1-3-7(4-6(2)9)5-8(10)11/h3-4H,1-2,5H2,(H,10,11). The molecule has 0 rings (SSSR count). The minimum atomic E-state index is -0.908. The van der Waals surface area contributed by atoms with Crippen LogP contribution in [0.1, 0.15) is 6.42 Å². The molecule has 0 aromatic heterocycles. The van der Waals surface area contributed by atoms with Gasteiger partial charge in [-0.15, -0.1) is 0 Å². The van der Waals surface area contributed by atoms with E-state index >= 15 is 0 Å². The summed E-state index contributed by atoms with van der Waals surface area (Å²) in [6.45, 7) is 6.83. The maximum Gasteiger partial charge on any atom is 0.307 e. The molecule has 0 amide bonds. The van der Waals surface area contributed by atoms with Gasteiger partial charge in [-0.1, -0.05) is 30.8 Å². The van der Waals surface area contributed by atoms with Crippen LogP contribution in [0.4, 0.5) is 0 Å². The number of halogens is 1. The molecule has 11 heavy (non-hydrogen) atoms. The van der Waals surface area contributed by atoms with Crippen molar-refractivity contribution in [2.24, 2.45) is 0 Å². The van der Waals surface area contributed by atoms with Crippen molar-refractivity contribution in [3.8, 4) is 0 Å². The lowest BCUT2D eigenvalue weighted by atomic mass is 10.2. The third-order valence-corrected chi connectivity index (χ3v) is 1.07. The fourth-order valence-corrected chi connectivity index (χ4v) is 0.698.